The number of hydrogen-bond acceptors (Lipinski definition) is 8. The lowest BCUT2D eigenvalue weighted by Crippen LogP contribution is -2.31. The first kappa shape index (κ1) is 22.5. The molecule has 0 aliphatic carbocycles. The molecule has 5 rings (SSSR count). The number of furan rings is 1. The van der Waals surface area contributed by atoms with Crippen LogP contribution in [0.25, 0.3) is 0 Å². The highest BCUT2D eigenvalue weighted by atomic mass is 32.1. The van der Waals surface area contributed by atoms with Crippen molar-refractivity contribution in [3.8, 4) is 0 Å². The molecule has 3 amide bonds. The van der Waals surface area contributed by atoms with Crippen molar-refractivity contribution in [1.29, 1.82) is 0 Å². The van der Waals surface area contributed by atoms with E-state index in [0.29, 0.717) is 12.2 Å². The van der Waals surface area contributed by atoms with Gasteiger partial charge in [-0.25, -0.2) is 9.80 Å². The molecule has 1 unspecified atom stereocenters. The third kappa shape index (κ3) is 4.08. The van der Waals surface area contributed by atoms with E-state index in [1.54, 1.807) is 12.1 Å². The number of thiophene rings is 1. The zero-order chi connectivity index (χ0) is 24.5. The molecular formula is C25H19N3O6S. The standard InChI is InChI=1S/C25H19N3O6S/c1-2-9-27-23(30)16-8-7-15(12-17(16)24(27)31)25(32)34-14-22(29)28-19(20-5-3-10-33-20)13-18(26-28)21-6-4-11-35-21/h2-8,10-12,19H,1,9,13-14H2. The quantitative estimate of drug-likeness (QED) is 0.285. The average Bonchev–Trinajstić information content (AvgIpc) is 3.66. The minimum absolute atomic E-state index is 0.0601. The summed E-state index contributed by atoms with van der Waals surface area (Å²) in [4.78, 5) is 52.5. The van der Waals surface area contributed by atoms with Gasteiger partial charge in [-0.3, -0.25) is 19.3 Å². The van der Waals surface area contributed by atoms with Crippen LogP contribution in [0.5, 0.6) is 0 Å². The number of nitrogens with zero attached hydrogens (tertiary/aromatic N) is 3. The predicted octanol–water partition coefficient (Wildman–Crippen LogP) is 3.66. The van der Waals surface area contributed by atoms with E-state index in [2.05, 4.69) is 11.7 Å². The highest BCUT2D eigenvalue weighted by Crippen LogP contribution is 2.34. The van der Waals surface area contributed by atoms with Crippen LogP contribution in [-0.4, -0.2) is 52.5 Å². The molecule has 35 heavy (non-hydrogen) atoms. The normalized spacial score (nSPS) is 16.9. The van der Waals surface area contributed by atoms with Crippen LogP contribution in [-0.2, 0) is 9.53 Å². The minimum atomic E-state index is -0.792. The molecule has 0 N–H and O–H groups in total. The van der Waals surface area contributed by atoms with Gasteiger partial charge in [-0.1, -0.05) is 12.1 Å². The van der Waals surface area contributed by atoms with Crippen LogP contribution in [0.15, 0.2) is 76.3 Å². The van der Waals surface area contributed by atoms with Crippen LogP contribution in [0.1, 0.15) is 54.2 Å². The SMILES string of the molecule is C=CCN1C(=O)c2ccc(C(=O)OCC(=O)N3N=C(c4cccs4)CC3c3ccco3)cc2C1=O. The first-order chi connectivity index (χ1) is 17.0. The number of ether oxygens (including phenoxy) is 1. The molecule has 9 nitrogen and oxygen atoms in total. The van der Waals surface area contributed by atoms with Gasteiger partial charge in [0.15, 0.2) is 6.61 Å². The summed E-state index contributed by atoms with van der Waals surface area (Å²) < 4.78 is 10.7. The smallest absolute Gasteiger partial charge is 0.338 e. The van der Waals surface area contributed by atoms with Crippen molar-refractivity contribution in [2.45, 2.75) is 12.5 Å². The van der Waals surface area contributed by atoms with E-state index in [4.69, 9.17) is 9.15 Å². The molecule has 0 fully saturated rings. The number of esters is 1. The van der Waals surface area contributed by atoms with Gasteiger partial charge in [0.05, 0.1) is 33.5 Å². The number of rotatable bonds is 7. The summed E-state index contributed by atoms with van der Waals surface area (Å²) in [5, 5.41) is 7.68. The number of hydrazone groups is 1. The number of carbonyl (C=O) groups excluding carboxylic acids is 4. The van der Waals surface area contributed by atoms with E-state index in [9.17, 15) is 19.2 Å². The van der Waals surface area contributed by atoms with Gasteiger partial charge in [0, 0.05) is 13.0 Å². The molecule has 1 atom stereocenters. The first-order valence-corrected chi connectivity index (χ1v) is 11.6. The van der Waals surface area contributed by atoms with Crippen molar-refractivity contribution in [3.63, 3.8) is 0 Å². The van der Waals surface area contributed by atoms with E-state index < -0.39 is 36.3 Å². The fourth-order valence-electron chi connectivity index (χ4n) is 4.02. The topological polar surface area (TPSA) is 109 Å². The molecule has 0 radical (unpaired) electrons. The molecule has 0 spiro atoms. The van der Waals surface area contributed by atoms with Crippen LogP contribution in [0.4, 0.5) is 0 Å². The van der Waals surface area contributed by atoms with Crippen molar-refractivity contribution >= 4 is 40.7 Å². The highest BCUT2D eigenvalue weighted by Gasteiger charge is 2.37. The number of fused-ring (bicyclic) bond motifs is 1. The lowest BCUT2D eigenvalue weighted by Gasteiger charge is -2.19. The van der Waals surface area contributed by atoms with Gasteiger partial charge in [-0.05, 0) is 41.8 Å². The molecule has 2 aliphatic heterocycles. The van der Waals surface area contributed by atoms with E-state index >= 15 is 0 Å². The van der Waals surface area contributed by atoms with Gasteiger partial charge in [-0.2, -0.15) is 5.10 Å². The molecule has 176 valence electrons. The summed E-state index contributed by atoms with van der Waals surface area (Å²) in [7, 11) is 0. The van der Waals surface area contributed by atoms with Crippen molar-refractivity contribution in [2.75, 3.05) is 13.2 Å². The Morgan fingerprint density at radius 3 is 2.71 bits per heavy atom. The highest BCUT2D eigenvalue weighted by molar-refractivity contribution is 7.12. The maximum absolute atomic E-state index is 13.0. The Labute approximate surface area is 203 Å². The van der Waals surface area contributed by atoms with E-state index in [1.165, 1.54) is 46.9 Å². The van der Waals surface area contributed by atoms with Gasteiger partial charge in [-0.15, -0.1) is 17.9 Å². The molecule has 2 aromatic heterocycles. The summed E-state index contributed by atoms with van der Waals surface area (Å²) in [6.07, 6.45) is 3.44. The number of benzene rings is 1. The van der Waals surface area contributed by atoms with Crippen molar-refractivity contribution in [1.82, 2.24) is 9.91 Å². The van der Waals surface area contributed by atoms with Crippen LogP contribution >= 0.6 is 11.3 Å². The molecule has 2 aliphatic rings. The zero-order valence-corrected chi connectivity index (χ0v) is 19.2. The van der Waals surface area contributed by atoms with Crippen molar-refractivity contribution in [3.05, 3.63) is 94.1 Å². The molecule has 0 saturated heterocycles. The van der Waals surface area contributed by atoms with E-state index in [-0.39, 0.29) is 23.2 Å². The average molecular weight is 490 g/mol. The Morgan fingerprint density at radius 2 is 2.00 bits per heavy atom. The maximum Gasteiger partial charge on any atom is 0.338 e. The van der Waals surface area contributed by atoms with Crippen LogP contribution in [0.3, 0.4) is 0 Å². The van der Waals surface area contributed by atoms with Crippen LogP contribution in [0.2, 0.25) is 0 Å². The largest absolute Gasteiger partial charge is 0.467 e. The second kappa shape index (κ2) is 9.15. The van der Waals surface area contributed by atoms with E-state index in [1.807, 2.05) is 17.5 Å². The van der Waals surface area contributed by atoms with Crippen molar-refractivity contribution in [2.24, 2.45) is 5.10 Å². The summed E-state index contributed by atoms with van der Waals surface area (Å²) in [5.74, 6) is -1.69. The fraction of sp³-hybridized carbons (Fsp3) is 0.160. The predicted molar refractivity (Wildman–Crippen MR) is 126 cm³/mol. The second-order valence-corrected chi connectivity index (χ2v) is 8.79. The molecule has 0 bridgehead atoms. The first-order valence-electron chi connectivity index (χ1n) is 10.7. The lowest BCUT2D eigenvalue weighted by atomic mass is 10.1. The fourth-order valence-corrected chi connectivity index (χ4v) is 4.74. The Hall–Kier alpha value is -4.31. The van der Waals surface area contributed by atoms with Crippen LogP contribution < -0.4 is 0 Å². The molecule has 4 heterocycles. The number of hydrogen-bond donors (Lipinski definition) is 0. The van der Waals surface area contributed by atoms with E-state index in [0.717, 1.165) is 15.5 Å². The zero-order valence-electron chi connectivity index (χ0n) is 18.4. The molecule has 1 aromatic carbocycles. The summed E-state index contributed by atoms with van der Waals surface area (Å²) >= 11 is 1.52. The summed E-state index contributed by atoms with van der Waals surface area (Å²) in [6, 6.07) is 11.0. The third-order valence-electron chi connectivity index (χ3n) is 5.69. The molecule has 10 heteroatoms. The number of amides is 3. The maximum atomic E-state index is 13.0. The van der Waals surface area contributed by atoms with Gasteiger partial charge >= 0.3 is 5.97 Å². The lowest BCUT2D eigenvalue weighted by molar-refractivity contribution is -0.136. The molecular weight excluding hydrogens is 470 g/mol. The summed E-state index contributed by atoms with van der Waals surface area (Å²) in [6.45, 7) is 3.06. The van der Waals surface area contributed by atoms with Gasteiger partial charge in [0.2, 0.25) is 0 Å². The number of imide groups is 1. The summed E-state index contributed by atoms with van der Waals surface area (Å²) in [5.41, 5.74) is 1.12. The Balaban J connectivity index is 1.30. The molecule has 0 saturated carbocycles. The second-order valence-electron chi connectivity index (χ2n) is 7.84. The third-order valence-corrected chi connectivity index (χ3v) is 6.61. The Bertz CT molecular complexity index is 1360. The Morgan fingerprint density at radius 1 is 1.17 bits per heavy atom. The Kier molecular flexibility index (Phi) is 5.87. The van der Waals surface area contributed by atoms with Crippen LogP contribution in [0, 0.1) is 0 Å². The van der Waals surface area contributed by atoms with Gasteiger partial charge < -0.3 is 9.15 Å². The molecule has 3 aromatic rings. The van der Waals surface area contributed by atoms with Crippen molar-refractivity contribution < 1.29 is 28.3 Å². The minimum Gasteiger partial charge on any atom is -0.467 e. The van der Waals surface area contributed by atoms with Gasteiger partial charge in [0.25, 0.3) is 17.7 Å². The van der Waals surface area contributed by atoms with Gasteiger partial charge in [0.1, 0.15) is 11.8 Å². The monoisotopic (exact) mass is 489 g/mol. The number of carbonyl (C=O) groups is 4.